The van der Waals surface area contributed by atoms with Gasteiger partial charge in [-0.05, 0) is 29.8 Å². The Hall–Kier alpha value is -2.54. The second kappa shape index (κ2) is 8.43. The molecule has 0 spiro atoms. The van der Waals surface area contributed by atoms with E-state index in [-0.39, 0.29) is 12.5 Å². The first-order valence-electron chi connectivity index (χ1n) is 8.87. The molecule has 3 rings (SSSR count). The molecule has 0 bridgehead atoms. The van der Waals surface area contributed by atoms with Gasteiger partial charge < -0.3 is 10.2 Å². The van der Waals surface area contributed by atoms with E-state index >= 15 is 0 Å². The minimum atomic E-state index is -4.35. The van der Waals surface area contributed by atoms with Crippen molar-refractivity contribution in [3.05, 3.63) is 65.7 Å². The van der Waals surface area contributed by atoms with Crippen LogP contribution in [0.25, 0.3) is 0 Å². The fraction of sp³-hybridized carbons (Fsp3) is 0.350. The fourth-order valence-corrected chi connectivity index (χ4v) is 3.06. The van der Waals surface area contributed by atoms with Gasteiger partial charge in [0.2, 0.25) is 5.91 Å². The number of piperazine rings is 1. The number of halogens is 3. The highest BCUT2D eigenvalue weighted by molar-refractivity contribution is 5.81. The molecule has 1 aliphatic rings. The second-order valence-corrected chi connectivity index (χ2v) is 6.57. The van der Waals surface area contributed by atoms with E-state index in [2.05, 4.69) is 22.3 Å². The number of rotatable bonds is 5. The van der Waals surface area contributed by atoms with Crippen LogP contribution in [0.2, 0.25) is 0 Å². The van der Waals surface area contributed by atoms with E-state index in [1.54, 1.807) is 4.90 Å². The van der Waals surface area contributed by atoms with Crippen molar-refractivity contribution in [2.24, 2.45) is 0 Å². The summed E-state index contributed by atoms with van der Waals surface area (Å²) in [5.41, 5.74) is 1.05. The minimum Gasteiger partial charge on any atom is -0.376 e. The van der Waals surface area contributed by atoms with Crippen LogP contribution in [-0.2, 0) is 17.5 Å². The summed E-state index contributed by atoms with van der Waals surface area (Å²) in [7, 11) is 0. The van der Waals surface area contributed by atoms with Crippen molar-refractivity contribution < 1.29 is 18.0 Å². The Labute approximate surface area is 156 Å². The lowest BCUT2D eigenvalue weighted by Crippen LogP contribution is -2.49. The van der Waals surface area contributed by atoms with Gasteiger partial charge in [0.25, 0.3) is 0 Å². The van der Waals surface area contributed by atoms with E-state index in [9.17, 15) is 18.0 Å². The quantitative estimate of drug-likeness (QED) is 0.867. The van der Waals surface area contributed by atoms with Crippen LogP contribution >= 0.6 is 0 Å². The number of hydrogen-bond acceptors (Lipinski definition) is 3. The zero-order valence-corrected chi connectivity index (χ0v) is 14.9. The molecule has 7 heteroatoms. The van der Waals surface area contributed by atoms with Gasteiger partial charge in [0, 0.05) is 38.4 Å². The topological polar surface area (TPSA) is 35.6 Å². The van der Waals surface area contributed by atoms with E-state index in [4.69, 9.17) is 0 Å². The Bertz CT molecular complexity index is 739. The van der Waals surface area contributed by atoms with Gasteiger partial charge in [-0.25, -0.2) is 0 Å². The number of benzene rings is 2. The van der Waals surface area contributed by atoms with Crippen LogP contribution < -0.4 is 5.32 Å². The Morgan fingerprint density at radius 3 is 2.15 bits per heavy atom. The molecule has 0 atom stereocenters. The van der Waals surface area contributed by atoms with Crippen LogP contribution in [0.15, 0.2) is 54.6 Å². The van der Waals surface area contributed by atoms with Crippen molar-refractivity contribution in [2.75, 3.05) is 38.0 Å². The monoisotopic (exact) mass is 377 g/mol. The molecule has 1 amide bonds. The number of nitrogens with one attached hydrogen (secondary N) is 1. The van der Waals surface area contributed by atoms with Crippen molar-refractivity contribution in [3.63, 3.8) is 0 Å². The molecular formula is C20H22F3N3O. The van der Waals surface area contributed by atoms with E-state index in [0.717, 1.165) is 31.8 Å². The lowest BCUT2D eigenvalue weighted by molar-refractivity contribution is -0.137. The molecule has 0 aromatic heterocycles. The molecule has 0 radical (unpaired) electrons. The molecule has 0 saturated carbocycles. The third-order valence-electron chi connectivity index (χ3n) is 4.63. The molecule has 1 aliphatic heterocycles. The highest BCUT2D eigenvalue weighted by Gasteiger charge is 2.30. The molecule has 0 aliphatic carbocycles. The van der Waals surface area contributed by atoms with Gasteiger partial charge in [-0.2, -0.15) is 13.2 Å². The molecule has 2 aromatic carbocycles. The van der Waals surface area contributed by atoms with E-state index in [0.29, 0.717) is 18.8 Å². The molecule has 4 nitrogen and oxygen atoms in total. The minimum absolute atomic E-state index is 0.0470. The predicted molar refractivity (Wildman–Crippen MR) is 98.2 cm³/mol. The maximum atomic E-state index is 12.6. The van der Waals surface area contributed by atoms with Crippen LogP contribution in [0.4, 0.5) is 18.9 Å². The molecule has 1 fully saturated rings. The lowest BCUT2D eigenvalue weighted by Gasteiger charge is -2.34. The summed E-state index contributed by atoms with van der Waals surface area (Å²) in [4.78, 5) is 16.4. The maximum absolute atomic E-state index is 12.6. The smallest absolute Gasteiger partial charge is 0.376 e. The number of alkyl halides is 3. The third-order valence-corrected chi connectivity index (χ3v) is 4.63. The van der Waals surface area contributed by atoms with Gasteiger partial charge in [0.15, 0.2) is 0 Å². The third kappa shape index (κ3) is 5.47. The number of hydrogen-bond donors (Lipinski definition) is 1. The number of amides is 1. The highest BCUT2D eigenvalue weighted by atomic mass is 19.4. The molecule has 0 unspecified atom stereocenters. The molecule has 27 heavy (non-hydrogen) atoms. The van der Waals surface area contributed by atoms with Crippen LogP contribution in [0.1, 0.15) is 11.1 Å². The average Bonchev–Trinajstić information content (AvgIpc) is 2.67. The second-order valence-electron chi connectivity index (χ2n) is 6.57. The van der Waals surface area contributed by atoms with Gasteiger partial charge in [0.1, 0.15) is 0 Å². The Morgan fingerprint density at radius 1 is 0.926 bits per heavy atom. The van der Waals surface area contributed by atoms with Crippen molar-refractivity contribution in [1.82, 2.24) is 9.80 Å². The molecule has 1 heterocycles. The highest BCUT2D eigenvalue weighted by Crippen LogP contribution is 2.29. The van der Waals surface area contributed by atoms with Crippen LogP contribution in [0, 0.1) is 0 Å². The number of anilines is 1. The Balaban J connectivity index is 1.43. The van der Waals surface area contributed by atoms with Crippen molar-refractivity contribution in [2.45, 2.75) is 12.7 Å². The van der Waals surface area contributed by atoms with E-state index < -0.39 is 11.7 Å². The summed E-state index contributed by atoms with van der Waals surface area (Å²) >= 11 is 0. The summed E-state index contributed by atoms with van der Waals surface area (Å²) in [6.45, 7) is 3.86. The Kier molecular flexibility index (Phi) is 6.01. The number of carbonyl (C=O) groups excluding carboxylic acids is 1. The van der Waals surface area contributed by atoms with E-state index in [1.807, 2.05) is 18.2 Å². The van der Waals surface area contributed by atoms with Crippen molar-refractivity contribution >= 4 is 11.6 Å². The van der Waals surface area contributed by atoms with Gasteiger partial charge >= 0.3 is 6.18 Å². The van der Waals surface area contributed by atoms with Crippen molar-refractivity contribution in [3.8, 4) is 0 Å². The first kappa shape index (κ1) is 19.2. The van der Waals surface area contributed by atoms with Crippen LogP contribution in [0.5, 0.6) is 0 Å². The lowest BCUT2D eigenvalue weighted by atomic mass is 10.2. The zero-order chi connectivity index (χ0) is 19.3. The summed E-state index contributed by atoms with van der Waals surface area (Å²) < 4.78 is 37.7. The number of nitrogens with zero attached hydrogens (tertiary/aromatic N) is 2. The first-order valence-corrected chi connectivity index (χ1v) is 8.87. The number of carbonyl (C=O) groups is 1. The van der Waals surface area contributed by atoms with Crippen molar-refractivity contribution in [1.29, 1.82) is 0 Å². The van der Waals surface area contributed by atoms with Gasteiger partial charge in [-0.3, -0.25) is 9.69 Å². The normalized spacial score (nSPS) is 15.6. The molecular weight excluding hydrogens is 355 g/mol. The zero-order valence-electron chi connectivity index (χ0n) is 14.9. The summed E-state index contributed by atoms with van der Waals surface area (Å²) in [6, 6.07) is 14.9. The maximum Gasteiger partial charge on any atom is 0.416 e. The van der Waals surface area contributed by atoms with Crippen LogP contribution in [-0.4, -0.2) is 48.4 Å². The summed E-state index contributed by atoms with van der Waals surface area (Å²) in [5, 5.41) is 2.90. The first-order chi connectivity index (χ1) is 12.9. The predicted octanol–water partition coefficient (Wildman–Crippen LogP) is 3.46. The SMILES string of the molecule is O=C(CNc1ccc(C(F)(F)F)cc1)N1CCN(Cc2ccccc2)CC1. The van der Waals surface area contributed by atoms with Gasteiger partial charge in [-0.1, -0.05) is 30.3 Å². The largest absolute Gasteiger partial charge is 0.416 e. The van der Waals surface area contributed by atoms with E-state index in [1.165, 1.54) is 17.7 Å². The summed E-state index contributed by atoms with van der Waals surface area (Å²) in [6.07, 6.45) is -4.35. The Morgan fingerprint density at radius 2 is 1.56 bits per heavy atom. The molecule has 1 N–H and O–H groups in total. The average molecular weight is 377 g/mol. The standard InChI is InChI=1S/C20H22F3N3O/c21-20(22,23)17-6-8-18(9-7-17)24-14-19(27)26-12-10-25(11-13-26)15-16-4-2-1-3-5-16/h1-9,24H,10-15H2. The fourth-order valence-electron chi connectivity index (χ4n) is 3.06. The van der Waals surface area contributed by atoms with Gasteiger partial charge in [-0.15, -0.1) is 0 Å². The molecule has 1 saturated heterocycles. The molecule has 2 aromatic rings. The van der Waals surface area contributed by atoms with Crippen LogP contribution in [0.3, 0.4) is 0 Å². The molecule has 144 valence electrons. The van der Waals surface area contributed by atoms with Gasteiger partial charge in [0.05, 0.1) is 12.1 Å². The summed E-state index contributed by atoms with van der Waals surface area (Å²) in [5.74, 6) is -0.0470.